The van der Waals surface area contributed by atoms with Crippen LogP contribution >= 0.6 is 0 Å². The molecule has 12 heteroatoms. The number of nitrogens with one attached hydrogen (secondary N) is 2. The zero-order valence-electron chi connectivity index (χ0n) is 19.5. The van der Waals surface area contributed by atoms with E-state index in [-0.39, 0.29) is 30.7 Å². The summed E-state index contributed by atoms with van der Waals surface area (Å²) in [7, 11) is 0. The molecule has 0 radical (unpaired) electrons. The molecule has 12 nitrogen and oxygen atoms in total. The SMILES string of the molecule is O=C(CCc1ncc[nH]1)c1ccc2c(n1)N(C(=O)Nc1cc(OC[C@H](O)CO)ccn1)[C@H]1CCN2C1. The minimum absolute atomic E-state index is 0.0856. The highest BCUT2D eigenvalue weighted by Crippen LogP contribution is 2.39. The molecule has 2 aliphatic heterocycles. The zero-order valence-corrected chi connectivity index (χ0v) is 19.5. The highest BCUT2D eigenvalue weighted by atomic mass is 16.5. The highest BCUT2D eigenvalue weighted by Gasteiger charge is 2.40. The molecule has 2 atom stereocenters. The van der Waals surface area contributed by atoms with Gasteiger partial charge in [-0.15, -0.1) is 0 Å². The third-order valence-corrected chi connectivity index (χ3v) is 6.22. The van der Waals surface area contributed by atoms with E-state index in [0.29, 0.717) is 30.2 Å². The molecule has 2 bridgehead atoms. The van der Waals surface area contributed by atoms with E-state index in [1.54, 1.807) is 29.4 Å². The number of nitrogens with zero attached hydrogens (tertiary/aromatic N) is 5. The molecule has 5 rings (SSSR count). The van der Waals surface area contributed by atoms with E-state index in [9.17, 15) is 14.7 Å². The van der Waals surface area contributed by atoms with Crippen molar-refractivity contribution in [3.05, 3.63) is 54.4 Å². The van der Waals surface area contributed by atoms with E-state index < -0.39 is 18.7 Å². The molecule has 4 N–H and O–H groups in total. The second kappa shape index (κ2) is 10.3. The number of aliphatic hydroxyl groups is 2. The number of ketones is 1. The van der Waals surface area contributed by atoms with E-state index in [1.807, 2.05) is 6.07 Å². The van der Waals surface area contributed by atoms with Crippen molar-refractivity contribution < 1.29 is 24.5 Å². The van der Waals surface area contributed by atoms with Crippen molar-refractivity contribution in [2.75, 3.05) is 41.4 Å². The van der Waals surface area contributed by atoms with Gasteiger partial charge in [0.1, 0.15) is 35.8 Å². The number of fused-ring (bicyclic) bond motifs is 4. The second-order valence-corrected chi connectivity index (χ2v) is 8.71. The molecule has 188 valence electrons. The van der Waals surface area contributed by atoms with Gasteiger partial charge in [0.05, 0.1) is 18.3 Å². The first-order chi connectivity index (χ1) is 17.5. The Hall–Kier alpha value is -4.03. The third kappa shape index (κ3) is 4.99. The van der Waals surface area contributed by atoms with Gasteiger partial charge in [-0.25, -0.2) is 19.7 Å². The minimum atomic E-state index is -1.01. The number of H-pyrrole nitrogens is 1. The average Bonchev–Trinajstić information content (AvgIpc) is 3.57. The molecule has 0 aliphatic carbocycles. The van der Waals surface area contributed by atoms with E-state index >= 15 is 0 Å². The number of amides is 2. The number of urea groups is 1. The quantitative estimate of drug-likeness (QED) is 0.323. The Kier molecular flexibility index (Phi) is 6.78. The lowest BCUT2D eigenvalue weighted by atomic mass is 10.1. The molecule has 2 amide bonds. The molecule has 0 spiro atoms. The number of aromatic amines is 1. The largest absolute Gasteiger partial charge is 0.491 e. The van der Waals surface area contributed by atoms with E-state index in [4.69, 9.17) is 9.84 Å². The first kappa shape index (κ1) is 23.7. The number of pyridine rings is 2. The van der Waals surface area contributed by atoms with Gasteiger partial charge in [0.25, 0.3) is 0 Å². The van der Waals surface area contributed by atoms with Crippen LogP contribution in [-0.4, -0.2) is 80.4 Å². The van der Waals surface area contributed by atoms with Crippen molar-refractivity contribution >= 4 is 29.1 Å². The number of anilines is 3. The summed E-state index contributed by atoms with van der Waals surface area (Å²) >= 11 is 0. The van der Waals surface area contributed by atoms with Crippen LogP contribution in [0.2, 0.25) is 0 Å². The number of carbonyl (C=O) groups excluding carboxylic acids is 2. The molecular formula is C24H27N7O5. The van der Waals surface area contributed by atoms with E-state index in [0.717, 1.165) is 24.5 Å². The maximum atomic E-state index is 13.4. The maximum Gasteiger partial charge on any atom is 0.329 e. The number of imidazole rings is 1. The Bertz CT molecular complexity index is 1240. The normalized spacial score (nSPS) is 17.0. The Morgan fingerprint density at radius 3 is 2.94 bits per heavy atom. The van der Waals surface area contributed by atoms with Gasteiger partial charge in [0.2, 0.25) is 0 Å². The topological polar surface area (TPSA) is 157 Å². The fraction of sp³-hybridized carbons (Fsp3) is 0.375. The summed E-state index contributed by atoms with van der Waals surface area (Å²) in [6, 6.07) is 6.20. The molecule has 5 heterocycles. The molecule has 36 heavy (non-hydrogen) atoms. The summed E-state index contributed by atoms with van der Waals surface area (Å²) < 4.78 is 5.45. The van der Waals surface area contributed by atoms with Crippen molar-refractivity contribution in [1.29, 1.82) is 0 Å². The number of hydrogen-bond donors (Lipinski definition) is 4. The van der Waals surface area contributed by atoms with Gasteiger partial charge in [-0.1, -0.05) is 0 Å². The first-order valence-electron chi connectivity index (χ1n) is 11.8. The monoisotopic (exact) mass is 493 g/mol. The molecule has 1 saturated heterocycles. The lowest BCUT2D eigenvalue weighted by molar-refractivity contribution is 0.0536. The second-order valence-electron chi connectivity index (χ2n) is 8.71. The summed E-state index contributed by atoms with van der Waals surface area (Å²) in [6.45, 7) is 0.973. The summed E-state index contributed by atoms with van der Waals surface area (Å²) in [4.78, 5) is 46.0. The Labute approximate surface area is 207 Å². The van der Waals surface area contributed by atoms with Crippen LogP contribution < -0.4 is 19.9 Å². The lowest BCUT2D eigenvalue weighted by Gasteiger charge is -2.35. The number of aryl methyl sites for hydroxylation is 1. The van der Waals surface area contributed by atoms with Crippen molar-refractivity contribution in [2.24, 2.45) is 0 Å². The molecule has 3 aromatic rings. The van der Waals surface area contributed by atoms with Crippen LogP contribution in [0.3, 0.4) is 0 Å². The number of aliphatic hydroxyl groups excluding tert-OH is 2. The molecular weight excluding hydrogens is 466 g/mol. The number of rotatable bonds is 9. The van der Waals surface area contributed by atoms with Crippen LogP contribution in [0.25, 0.3) is 0 Å². The Morgan fingerprint density at radius 2 is 2.14 bits per heavy atom. The van der Waals surface area contributed by atoms with Crippen LogP contribution in [0.5, 0.6) is 5.75 Å². The fourth-order valence-corrected chi connectivity index (χ4v) is 4.41. The van der Waals surface area contributed by atoms with Gasteiger partial charge in [-0.05, 0) is 24.6 Å². The molecule has 0 unspecified atom stereocenters. The van der Waals surface area contributed by atoms with Crippen LogP contribution in [0.4, 0.5) is 22.1 Å². The predicted octanol–water partition coefficient (Wildman–Crippen LogP) is 1.38. The van der Waals surface area contributed by atoms with Crippen molar-refractivity contribution in [3.8, 4) is 5.75 Å². The highest BCUT2D eigenvalue weighted by molar-refractivity contribution is 6.05. The van der Waals surface area contributed by atoms with Crippen molar-refractivity contribution in [3.63, 3.8) is 0 Å². The molecule has 1 fully saturated rings. The number of hydrogen-bond acceptors (Lipinski definition) is 9. The summed E-state index contributed by atoms with van der Waals surface area (Å²) in [5.74, 6) is 1.71. The fourth-order valence-electron chi connectivity index (χ4n) is 4.41. The maximum absolute atomic E-state index is 13.4. The van der Waals surface area contributed by atoms with Crippen LogP contribution in [-0.2, 0) is 6.42 Å². The first-order valence-corrected chi connectivity index (χ1v) is 11.8. The van der Waals surface area contributed by atoms with Gasteiger partial charge in [-0.2, -0.15) is 0 Å². The van der Waals surface area contributed by atoms with Crippen LogP contribution in [0, 0.1) is 0 Å². The van der Waals surface area contributed by atoms with Gasteiger partial charge in [0.15, 0.2) is 11.6 Å². The summed E-state index contributed by atoms with van der Waals surface area (Å²) in [6.07, 6.45) is 5.34. The smallest absolute Gasteiger partial charge is 0.329 e. The number of aromatic nitrogens is 4. The molecule has 2 aliphatic rings. The third-order valence-electron chi connectivity index (χ3n) is 6.22. The summed E-state index contributed by atoms with van der Waals surface area (Å²) in [5.41, 5.74) is 1.11. The Balaban J connectivity index is 1.34. The molecule has 0 saturated carbocycles. The minimum Gasteiger partial charge on any atom is -0.491 e. The van der Waals surface area contributed by atoms with Gasteiger partial charge >= 0.3 is 6.03 Å². The molecule has 0 aromatic carbocycles. The predicted molar refractivity (Wildman–Crippen MR) is 130 cm³/mol. The van der Waals surface area contributed by atoms with Crippen molar-refractivity contribution in [1.82, 2.24) is 19.9 Å². The van der Waals surface area contributed by atoms with Crippen LogP contribution in [0.1, 0.15) is 29.2 Å². The van der Waals surface area contributed by atoms with E-state index in [2.05, 4.69) is 30.2 Å². The zero-order chi connectivity index (χ0) is 25.1. The van der Waals surface area contributed by atoms with Gasteiger partial charge < -0.3 is 24.8 Å². The molecule has 3 aromatic heterocycles. The van der Waals surface area contributed by atoms with Gasteiger partial charge in [0, 0.05) is 50.6 Å². The number of ether oxygens (including phenoxy) is 1. The summed E-state index contributed by atoms with van der Waals surface area (Å²) in [5, 5.41) is 21.2. The lowest BCUT2D eigenvalue weighted by Crippen LogP contribution is -2.48. The Morgan fingerprint density at radius 1 is 1.25 bits per heavy atom. The van der Waals surface area contributed by atoms with Crippen molar-refractivity contribution in [2.45, 2.75) is 31.4 Å². The average molecular weight is 494 g/mol. The van der Waals surface area contributed by atoms with E-state index in [1.165, 1.54) is 12.3 Å². The van der Waals surface area contributed by atoms with Gasteiger partial charge in [-0.3, -0.25) is 15.0 Å². The number of Topliss-reactive ketones (excluding diaryl/α,β-unsaturated/α-hetero) is 1. The number of carbonyl (C=O) groups is 2. The van der Waals surface area contributed by atoms with Crippen LogP contribution in [0.15, 0.2) is 42.9 Å². The standard InChI is InChI=1S/C24H27N7O5/c32-13-16(33)14-36-17-5-7-25-22(11-17)29-24(35)31-15-6-10-30(12-15)19-2-1-18(28-23(19)31)20(34)3-4-21-26-8-9-27-21/h1-2,5,7-9,11,15-16,32-33H,3-4,6,10,12-14H2,(H,26,27)(H,25,29,35)/t15-,16+/m0/s1.